The molecule has 3 aromatic rings. The molecule has 0 aliphatic carbocycles. The molecule has 0 fully saturated rings. The zero-order chi connectivity index (χ0) is 22.1. The number of halogens is 4. The third kappa shape index (κ3) is 4.71. The molecule has 156 valence electrons. The Morgan fingerprint density at radius 2 is 1.83 bits per heavy atom. The van der Waals surface area contributed by atoms with Gasteiger partial charge in [-0.2, -0.15) is 13.2 Å². The van der Waals surface area contributed by atoms with Crippen LogP contribution in [0.1, 0.15) is 31.2 Å². The van der Waals surface area contributed by atoms with Crippen LogP contribution in [0.3, 0.4) is 0 Å². The summed E-state index contributed by atoms with van der Waals surface area (Å²) in [5, 5.41) is 4.82. The first-order valence-electron chi connectivity index (χ1n) is 8.22. The van der Waals surface area contributed by atoms with Gasteiger partial charge in [-0.15, -0.1) is 0 Å². The highest BCUT2D eigenvalue weighted by Gasteiger charge is 2.31. The van der Waals surface area contributed by atoms with Crippen LogP contribution in [0.4, 0.5) is 34.2 Å². The minimum absolute atomic E-state index is 0.135. The van der Waals surface area contributed by atoms with Crippen molar-refractivity contribution in [2.75, 3.05) is 16.4 Å². The number of nitrogens with zero attached hydrogens (tertiary/aromatic N) is 2. The Labute approximate surface area is 171 Å². The van der Waals surface area contributed by atoms with E-state index in [9.17, 15) is 27.2 Å². The molecule has 0 bridgehead atoms. The van der Waals surface area contributed by atoms with Gasteiger partial charge in [-0.1, -0.05) is 11.3 Å². The van der Waals surface area contributed by atoms with Crippen LogP contribution in [0.15, 0.2) is 36.7 Å². The van der Waals surface area contributed by atoms with Crippen molar-refractivity contribution in [2.24, 2.45) is 0 Å². The molecule has 2 heterocycles. The maximum atomic E-state index is 14.3. The standard InChI is InChI=1S/C18H13F4N5O2S/c1-8-4-11(19)10(6-12(8)26-16(29)13-7-25-17(23)30-13)15(28)27-14-5-9(2-3-24-14)18(20,21)22/h2-7H,1H3,(H2,23,25)(H,26,29)(H,24,27,28). The topological polar surface area (TPSA) is 110 Å². The Morgan fingerprint density at radius 1 is 1.10 bits per heavy atom. The lowest BCUT2D eigenvalue weighted by atomic mass is 10.1. The number of aromatic nitrogens is 2. The van der Waals surface area contributed by atoms with E-state index in [0.29, 0.717) is 11.6 Å². The zero-order valence-corrected chi connectivity index (χ0v) is 16.0. The van der Waals surface area contributed by atoms with E-state index in [0.717, 1.165) is 35.7 Å². The van der Waals surface area contributed by atoms with Crippen LogP contribution >= 0.6 is 11.3 Å². The quantitative estimate of drug-likeness (QED) is 0.531. The number of nitrogen functional groups attached to an aromatic ring is 1. The number of nitrogens with one attached hydrogen (secondary N) is 2. The number of nitrogens with two attached hydrogens (primary N) is 1. The smallest absolute Gasteiger partial charge is 0.375 e. The van der Waals surface area contributed by atoms with Crippen LogP contribution in [0, 0.1) is 12.7 Å². The van der Waals surface area contributed by atoms with E-state index in [2.05, 4.69) is 20.6 Å². The number of benzene rings is 1. The van der Waals surface area contributed by atoms with E-state index >= 15 is 0 Å². The molecule has 4 N–H and O–H groups in total. The van der Waals surface area contributed by atoms with Gasteiger partial charge in [0.15, 0.2) is 5.13 Å². The van der Waals surface area contributed by atoms with E-state index in [1.165, 1.54) is 13.1 Å². The number of aryl methyl sites for hydroxylation is 1. The van der Waals surface area contributed by atoms with E-state index < -0.39 is 40.8 Å². The second kappa shape index (κ2) is 8.06. The summed E-state index contributed by atoms with van der Waals surface area (Å²) >= 11 is 0.941. The van der Waals surface area contributed by atoms with Crippen LogP contribution in [0.25, 0.3) is 0 Å². The predicted octanol–water partition coefficient (Wildman–Crippen LogP) is 4.09. The van der Waals surface area contributed by atoms with E-state index in [1.54, 1.807) is 0 Å². The van der Waals surface area contributed by atoms with Gasteiger partial charge >= 0.3 is 6.18 Å². The second-order valence-electron chi connectivity index (χ2n) is 6.05. The number of alkyl halides is 3. The number of pyridine rings is 1. The Kier molecular flexibility index (Phi) is 5.69. The van der Waals surface area contributed by atoms with Gasteiger partial charge in [0.05, 0.1) is 17.3 Å². The van der Waals surface area contributed by atoms with E-state index in [-0.39, 0.29) is 15.7 Å². The van der Waals surface area contributed by atoms with Crippen molar-refractivity contribution >= 4 is 39.8 Å². The predicted molar refractivity (Wildman–Crippen MR) is 103 cm³/mol. The van der Waals surface area contributed by atoms with Gasteiger partial charge in [-0.3, -0.25) is 9.59 Å². The first kappa shape index (κ1) is 21.2. The van der Waals surface area contributed by atoms with Crippen LogP contribution in [-0.4, -0.2) is 21.8 Å². The average Bonchev–Trinajstić information content (AvgIpc) is 3.10. The van der Waals surface area contributed by atoms with Gasteiger partial charge in [-0.25, -0.2) is 14.4 Å². The molecule has 2 aromatic heterocycles. The van der Waals surface area contributed by atoms with Crippen molar-refractivity contribution < 1.29 is 27.2 Å². The van der Waals surface area contributed by atoms with Crippen LogP contribution in [0.2, 0.25) is 0 Å². The molecule has 0 saturated carbocycles. The van der Waals surface area contributed by atoms with E-state index in [1.807, 2.05) is 0 Å². The first-order chi connectivity index (χ1) is 14.0. The number of carbonyl (C=O) groups excluding carboxylic acids is 2. The summed E-state index contributed by atoms with van der Waals surface area (Å²) in [5.74, 6) is -2.92. The SMILES string of the molecule is Cc1cc(F)c(C(=O)Nc2cc(C(F)(F)F)ccn2)cc1NC(=O)c1cnc(N)s1. The summed E-state index contributed by atoms with van der Waals surface area (Å²) in [4.78, 5) is 32.3. The third-order valence-electron chi connectivity index (χ3n) is 3.88. The maximum absolute atomic E-state index is 14.3. The maximum Gasteiger partial charge on any atom is 0.416 e. The molecule has 7 nitrogen and oxygen atoms in total. The highest BCUT2D eigenvalue weighted by Crippen LogP contribution is 2.30. The summed E-state index contributed by atoms with van der Waals surface area (Å²) in [7, 11) is 0. The minimum Gasteiger partial charge on any atom is -0.375 e. The van der Waals surface area contributed by atoms with Crippen LogP contribution < -0.4 is 16.4 Å². The lowest BCUT2D eigenvalue weighted by Crippen LogP contribution is -2.17. The fraction of sp³-hybridized carbons (Fsp3) is 0.111. The molecule has 12 heteroatoms. The van der Waals surface area contributed by atoms with Crippen molar-refractivity contribution in [3.05, 3.63) is 64.0 Å². The van der Waals surface area contributed by atoms with Crippen molar-refractivity contribution in [3.8, 4) is 0 Å². The fourth-order valence-corrected chi connectivity index (χ4v) is 3.00. The van der Waals surface area contributed by atoms with Gasteiger partial charge in [-0.05, 0) is 36.8 Å². The Morgan fingerprint density at radius 3 is 2.47 bits per heavy atom. The minimum atomic E-state index is -4.63. The molecule has 1 aromatic carbocycles. The van der Waals surface area contributed by atoms with Gasteiger partial charge < -0.3 is 16.4 Å². The van der Waals surface area contributed by atoms with Crippen molar-refractivity contribution in [1.82, 2.24) is 9.97 Å². The van der Waals surface area contributed by atoms with Gasteiger partial charge in [0.25, 0.3) is 11.8 Å². The number of anilines is 3. The lowest BCUT2D eigenvalue weighted by molar-refractivity contribution is -0.137. The number of hydrogen-bond acceptors (Lipinski definition) is 6. The molecule has 0 radical (unpaired) electrons. The molecule has 0 spiro atoms. The van der Waals surface area contributed by atoms with Crippen molar-refractivity contribution in [3.63, 3.8) is 0 Å². The second-order valence-corrected chi connectivity index (χ2v) is 7.11. The highest BCUT2D eigenvalue weighted by atomic mass is 32.1. The Hall–Kier alpha value is -3.54. The van der Waals surface area contributed by atoms with Crippen LogP contribution in [-0.2, 0) is 6.18 Å². The Bertz CT molecular complexity index is 1130. The summed E-state index contributed by atoms with van der Waals surface area (Å²) in [6.07, 6.45) is -2.49. The molecular formula is C18H13F4N5O2S. The van der Waals surface area contributed by atoms with Crippen molar-refractivity contribution in [2.45, 2.75) is 13.1 Å². The third-order valence-corrected chi connectivity index (χ3v) is 4.71. The number of thiazole rings is 1. The first-order valence-corrected chi connectivity index (χ1v) is 9.03. The molecule has 0 saturated heterocycles. The normalized spacial score (nSPS) is 11.2. The summed E-state index contributed by atoms with van der Waals surface area (Å²) in [6.45, 7) is 1.51. The molecule has 0 atom stereocenters. The summed E-state index contributed by atoms with van der Waals surface area (Å²) in [6, 6.07) is 3.46. The molecule has 0 aliphatic rings. The Balaban J connectivity index is 1.84. The van der Waals surface area contributed by atoms with Crippen molar-refractivity contribution in [1.29, 1.82) is 0 Å². The molecule has 0 unspecified atom stereocenters. The molecular weight excluding hydrogens is 426 g/mol. The monoisotopic (exact) mass is 439 g/mol. The number of carbonyl (C=O) groups is 2. The molecule has 2 amide bonds. The zero-order valence-electron chi connectivity index (χ0n) is 15.2. The lowest BCUT2D eigenvalue weighted by Gasteiger charge is -2.12. The highest BCUT2D eigenvalue weighted by molar-refractivity contribution is 7.17. The molecule has 30 heavy (non-hydrogen) atoms. The summed E-state index contributed by atoms with van der Waals surface area (Å²) < 4.78 is 52.7. The number of hydrogen-bond donors (Lipinski definition) is 3. The molecule has 0 aliphatic heterocycles. The van der Waals surface area contributed by atoms with E-state index in [4.69, 9.17) is 5.73 Å². The van der Waals surface area contributed by atoms with Gasteiger partial charge in [0.1, 0.15) is 16.5 Å². The van der Waals surface area contributed by atoms with Gasteiger partial charge in [0, 0.05) is 11.9 Å². The summed E-state index contributed by atoms with van der Waals surface area (Å²) in [5.41, 5.74) is 4.44. The largest absolute Gasteiger partial charge is 0.416 e. The number of rotatable bonds is 4. The van der Waals surface area contributed by atoms with Gasteiger partial charge in [0.2, 0.25) is 0 Å². The fourth-order valence-electron chi connectivity index (χ4n) is 2.42. The molecule has 3 rings (SSSR count). The average molecular weight is 439 g/mol. The number of amides is 2. The van der Waals surface area contributed by atoms with Crippen LogP contribution in [0.5, 0.6) is 0 Å².